The van der Waals surface area contributed by atoms with E-state index in [2.05, 4.69) is 6.58 Å². The summed E-state index contributed by atoms with van der Waals surface area (Å²) in [7, 11) is 0. The predicted octanol–water partition coefficient (Wildman–Crippen LogP) is 1.83. The molecular weight excluding hydrogens is 184 g/mol. The smallest absolute Gasteiger partial charge is 0.331 e. The standard InChI is InChI=1S/C10H14O4/c1-4-5-8(6(2)10(13)14)9(12)7(3)11/h11H,3-5H2,1-2H3,(H,13,14). The monoisotopic (exact) mass is 198 g/mol. The number of aliphatic hydroxyl groups excluding tert-OH is 1. The molecule has 0 unspecified atom stereocenters. The minimum Gasteiger partial charge on any atom is -0.505 e. The van der Waals surface area contributed by atoms with E-state index in [1.165, 1.54) is 6.92 Å². The number of allylic oxidation sites excluding steroid dienone is 1. The topological polar surface area (TPSA) is 74.6 Å². The Morgan fingerprint density at radius 1 is 1.29 bits per heavy atom. The van der Waals surface area contributed by atoms with E-state index in [-0.39, 0.29) is 11.1 Å². The number of hydrogen-bond acceptors (Lipinski definition) is 3. The molecule has 0 saturated carbocycles. The molecule has 0 aromatic rings. The molecule has 0 aliphatic heterocycles. The summed E-state index contributed by atoms with van der Waals surface area (Å²) in [5.41, 5.74) is 0.0829. The maximum absolute atomic E-state index is 11.3. The second kappa shape index (κ2) is 5.21. The number of carboxylic acid groups (broad SMARTS) is 1. The number of rotatable bonds is 5. The van der Waals surface area contributed by atoms with Crippen molar-refractivity contribution in [3.63, 3.8) is 0 Å². The third-order valence-electron chi connectivity index (χ3n) is 1.81. The molecule has 0 amide bonds. The quantitative estimate of drug-likeness (QED) is 0.522. The number of aliphatic hydroxyl groups is 1. The highest BCUT2D eigenvalue weighted by Crippen LogP contribution is 2.15. The molecule has 4 nitrogen and oxygen atoms in total. The van der Waals surface area contributed by atoms with Crippen LogP contribution in [0.5, 0.6) is 0 Å². The summed E-state index contributed by atoms with van der Waals surface area (Å²) >= 11 is 0. The van der Waals surface area contributed by atoms with Gasteiger partial charge in [0.25, 0.3) is 0 Å². The molecule has 4 heteroatoms. The number of Topliss-reactive ketones (excluding diaryl/α,β-unsaturated/α-hetero) is 1. The van der Waals surface area contributed by atoms with Crippen LogP contribution in [0.4, 0.5) is 0 Å². The molecule has 0 spiro atoms. The van der Waals surface area contributed by atoms with E-state index in [0.717, 1.165) is 0 Å². The van der Waals surface area contributed by atoms with Crippen LogP contribution in [-0.2, 0) is 9.59 Å². The van der Waals surface area contributed by atoms with Gasteiger partial charge >= 0.3 is 5.97 Å². The molecule has 14 heavy (non-hydrogen) atoms. The first-order valence-corrected chi connectivity index (χ1v) is 4.27. The molecule has 0 bridgehead atoms. The van der Waals surface area contributed by atoms with Crippen LogP contribution in [0, 0.1) is 0 Å². The van der Waals surface area contributed by atoms with Gasteiger partial charge in [-0.25, -0.2) is 4.79 Å². The molecule has 0 rings (SSSR count). The van der Waals surface area contributed by atoms with Gasteiger partial charge < -0.3 is 10.2 Å². The van der Waals surface area contributed by atoms with Crippen molar-refractivity contribution in [1.82, 2.24) is 0 Å². The third-order valence-corrected chi connectivity index (χ3v) is 1.81. The Morgan fingerprint density at radius 3 is 2.07 bits per heavy atom. The Balaban J connectivity index is 5.13. The molecule has 0 aliphatic rings. The molecule has 0 aromatic carbocycles. The lowest BCUT2D eigenvalue weighted by Gasteiger charge is -2.06. The van der Waals surface area contributed by atoms with Crippen molar-refractivity contribution in [3.8, 4) is 0 Å². The van der Waals surface area contributed by atoms with Crippen molar-refractivity contribution >= 4 is 11.8 Å². The van der Waals surface area contributed by atoms with Gasteiger partial charge in [0.05, 0.1) is 0 Å². The predicted molar refractivity (Wildman–Crippen MR) is 52.0 cm³/mol. The van der Waals surface area contributed by atoms with Crippen molar-refractivity contribution in [1.29, 1.82) is 0 Å². The van der Waals surface area contributed by atoms with Crippen molar-refractivity contribution < 1.29 is 19.8 Å². The maximum Gasteiger partial charge on any atom is 0.331 e. The Morgan fingerprint density at radius 2 is 1.79 bits per heavy atom. The fraction of sp³-hybridized carbons (Fsp3) is 0.400. The Labute approximate surface area is 82.6 Å². The summed E-state index contributed by atoms with van der Waals surface area (Å²) in [6, 6.07) is 0. The average molecular weight is 198 g/mol. The normalized spacial score (nSPS) is 11.9. The van der Waals surface area contributed by atoms with Gasteiger partial charge in [-0.15, -0.1) is 0 Å². The van der Waals surface area contributed by atoms with Gasteiger partial charge in [0, 0.05) is 11.1 Å². The number of ketones is 1. The van der Waals surface area contributed by atoms with E-state index in [0.29, 0.717) is 12.8 Å². The fourth-order valence-corrected chi connectivity index (χ4v) is 1.02. The SMILES string of the molecule is C=C(O)C(=O)C(CCC)=C(C)C(=O)O. The number of carbonyl (C=O) groups excluding carboxylic acids is 1. The van der Waals surface area contributed by atoms with Crippen LogP contribution in [-0.4, -0.2) is 22.0 Å². The molecule has 0 aliphatic carbocycles. The Kier molecular flexibility index (Phi) is 4.63. The lowest BCUT2D eigenvalue weighted by molar-refractivity contribution is -0.133. The first kappa shape index (κ1) is 12.4. The number of aliphatic carboxylic acids is 1. The van der Waals surface area contributed by atoms with Crippen LogP contribution in [0.25, 0.3) is 0 Å². The molecule has 0 heterocycles. The van der Waals surface area contributed by atoms with Gasteiger partial charge in [-0.1, -0.05) is 19.9 Å². The minimum absolute atomic E-state index is 0.0351. The van der Waals surface area contributed by atoms with Crippen molar-refractivity contribution in [2.24, 2.45) is 0 Å². The van der Waals surface area contributed by atoms with Gasteiger partial charge in [0.15, 0.2) is 5.76 Å². The summed E-state index contributed by atoms with van der Waals surface area (Å²) < 4.78 is 0. The highest BCUT2D eigenvalue weighted by atomic mass is 16.4. The first-order chi connectivity index (χ1) is 6.41. The summed E-state index contributed by atoms with van der Waals surface area (Å²) in [4.78, 5) is 21.9. The average Bonchev–Trinajstić information content (AvgIpc) is 2.11. The maximum atomic E-state index is 11.3. The first-order valence-electron chi connectivity index (χ1n) is 4.27. The highest BCUT2D eigenvalue weighted by Gasteiger charge is 2.18. The molecular formula is C10H14O4. The number of carboxylic acids is 1. The lowest BCUT2D eigenvalue weighted by atomic mass is 9.99. The Hall–Kier alpha value is -1.58. The molecule has 0 radical (unpaired) electrons. The highest BCUT2D eigenvalue weighted by molar-refractivity contribution is 6.10. The van der Waals surface area contributed by atoms with Crippen LogP contribution < -0.4 is 0 Å². The lowest BCUT2D eigenvalue weighted by Crippen LogP contribution is -2.11. The van der Waals surface area contributed by atoms with Gasteiger partial charge in [0.1, 0.15) is 0 Å². The zero-order valence-corrected chi connectivity index (χ0v) is 8.33. The van der Waals surface area contributed by atoms with Crippen molar-refractivity contribution in [2.45, 2.75) is 26.7 Å². The van der Waals surface area contributed by atoms with Crippen LogP contribution in [0.15, 0.2) is 23.5 Å². The van der Waals surface area contributed by atoms with E-state index in [1.807, 2.05) is 6.92 Å². The summed E-state index contributed by atoms with van der Waals surface area (Å²) in [5.74, 6) is -2.45. The second-order valence-corrected chi connectivity index (χ2v) is 2.93. The van der Waals surface area contributed by atoms with Gasteiger partial charge in [0.2, 0.25) is 5.78 Å². The van der Waals surface area contributed by atoms with Crippen LogP contribution in [0.1, 0.15) is 26.7 Å². The largest absolute Gasteiger partial charge is 0.505 e. The van der Waals surface area contributed by atoms with Gasteiger partial charge in [-0.2, -0.15) is 0 Å². The van der Waals surface area contributed by atoms with E-state index >= 15 is 0 Å². The zero-order valence-electron chi connectivity index (χ0n) is 8.33. The molecule has 78 valence electrons. The van der Waals surface area contributed by atoms with E-state index in [4.69, 9.17) is 10.2 Å². The summed E-state index contributed by atoms with van der Waals surface area (Å²) in [5, 5.41) is 17.6. The van der Waals surface area contributed by atoms with E-state index < -0.39 is 17.5 Å². The van der Waals surface area contributed by atoms with Crippen molar-refractivity contribution in [2.75, 3.05) is 0 Å². The van der Waals surface area contributed by atoms with Crippen LogP contribution >= 0.6 is 0 Å². The molecule has 0 fully saturated rings. The van der Waals surface area contributed by atoms with Crippen LogP contribution in [0.2, 0.25) is 0 Å². The van der Waals surface area contributed by atoms with Crippen LogP contribution in [0.3, 0.4) is 0 Å². The summed E-state index contributed by atoms with van der Waals surface area (Å²) in [6.07, 6.45) is 0.968. The number of carbonyl (C=O) groups is 2. The third kappa shape index (κ3) is 3.05. The van der Waals surface area contributed by atoms with Crippen molar-refractivity contribution in [3.05, 3.63) is 23.5 Å². The van der Waals surface area contributed by atoms with Gasteiger partial charge in [-0.3, -0.25) is 4.79 Å². The molecule has 0 atom stereocenters. The summed E-state index contributed by atoms with van der Waals surface area (Å²) in [6.45, 7) is 6.24. The zero-order chi connectivity index (χ0) is 11.3. The molecule has 0 saturated heterocycles. The fourth-order valence-electron chi connectivity index (χ4n) is 1.02. The Bertz CT molecular complexity index is 299. The van der Waals surface area contributed by atoms with E-state index in [9.17, 15) is 9.59 Å². The van der Waals surface area contributed by atoms with Gasteiger partial charge in [-0.05, 0) is 13.3 Å². The second-order valence-electron chi connectivity index (χ2n) is 2.93. The number of hydrogen-bond donors (Lipinski definition) is 2. The van der Waals surface area contributed by atoms with E-state index in [1.54, 1.807) is 0 Å². The molecule has 0 aromatic heterocycles. The minimum atomic E-state index is -1.15. The molecule has 2 N–H and O–H groups in total.